The molecule has 2 aromatic carbocycles. The molecule has 0 spiro atoms. The summed E-state index contributed by atoms with van der Waals surface area (Å²) in [5.74, 6) is 1.65. The third-order valence-electron chi connectivity index (χ3n) is 4.19. The van der Waals surface area contributed by atoms with Crippen molar-refractivity contribution in [2.75, 3.05) is 5.73 Å². The van der Waals surface area contributed by atoms with E-state index in [0.29, 0.717) is 5.92 Å². The molecule has 3 heteroatoms. The number of nitrogens with zero attached hydrogens (tertiary/aromatic N) is 2. The van der Waals surface area contributed by atoms with E-state index in [-0.39, 0.29) is 0 Å². The van der Waals surface area contributed by atoms with E-state index in [0.717, 1.165) is 35.5 Å². The van der Waals surface area contributed by atoms with E-state index in [1.807, 2.05) is 12.1 Å². The summed E-state index contributed by atoms with van der Waals surface area (Å²) in [5, 5.41) is 0. The van der Waals surface area contributed by atoms with Crippen LogP contribution in [-0.2, 0) is 13.0 Å². The van der Waals surface area contributed by atoms with Crippen molar-refractivity contribution in [1.82, 2.24) is 9.55 Å². The number of rotatable bonds is 4. The molecule has 0 unspecified atom stereocenters. The van der Waals surface area contributed by atoms with E-state index in [2.05, 4.69) is 55.7 Å². The van der Waals surface area contributed by atoms with Gasteiger partial charge in [-0.2, -0.15) is 0 Å². The molecule has 3 nitrogen and oxygen atoms in total. The van der Waals surface area contributed by atoms with Gasteiger partial charge in [0.25, 0.3) is 0 Å². The number of imidazole rings is 1. The molecule has 0 saturated heterocycles. The molecular weight excluding hydrogens is 270 g/mol. The number of para-hydroxylation sites is 1. The van der Waals surface area contributed by atoms with Gasteiger partial charge in [-0.25, -0.2) is 4.98 Å². The van der Waals surface area contributed by atoms with Crippen LogP contribution in [0.4, 0.5) is 5.69 Å². The summed E-state index contributed by atoms with van der Waals surface area (Å²) in [6, 6.07) is 14.9. The maximum absolute atomic E-state index is 6.06. The third-order valence-corrected chi connectivity index (χ3v) is 4.19. The van der Waals surface area contributed by atoms with Crippen LogP contribution in [0, 0.1) is 0 Å². The van der Waals surface area contributed by atoms with Crippen molar-refractivity contribution in [2.24, 2.45) is 0 Å². The monoisotopic (exact) mass is 293 g/mol. The molecule has 0 aliphatic heterocycles. The maximum Gasteiger partial charge on any atom is 0.112 e. The number of benzene rings is 2. The zero-order valence-corrected chi connectivity index (χ0v) is 13.5. The van der Waals surface area contributed by atoms with E-state index in [9.17, 15) is 0 Å². The highest BCUT2D eigenvalue weighted by atomic mass is 15.1. The van der Waals surface area contributed by atoms with Gasteiger partial charge in [-0.1, -0.05) is 51.1 Å². The lowest BCUT2D eigenvalue weighted by molar-refractivity contribution is 0.752. The quantitative estimate of drug-likeness (QED) is 0.727. The summed E-state index contributed by atoms with van der Waals surface area (Å²) in [5.41, 5.74) is 11.5. The third kappa shape index (κ3) is 2.59. The molecule has 0 radical (unpaired) electrons. The van der Waals surface area contributed by atoms with Gasteiger partial charge in [0.1, 0.15) is 11.3 Å². The minimum Gasteiger partial charge on any atom is -0.397 e. The van der Waals surface area contributed by atoms with Gasteiger partial charge in [0, 0.05) is 13.0 Å². The molecule has 114 valence electrons. The molecule has 0 amide bonds. The fourth-order valence-electron chi connectivity index (χ4n) is 2.85. The second kappa shape index (κ2) is 5.84. The summed E-state index contributed by atoms with van der Waals surface area (Å²) in [7, 11) is 0. The first-order valence-corrected chi connectivity index (χ1v) is 7.92. The highest BCUT2D eigenvalue weighted by Crippen LogP contribution is 2.24. The van der Waals surface area contributed by atoms with E-state index < -0.39 is 0 Å². The van der Waals surface area contributed by atoms with Crippen molar-refractivity contribution in [3.63, 3.8) is 0 Å². The lowest BCUT2D eigenvalue weighted by Gasteiger charge is -2.10. The summed E-state index contributed by atoms with van der Waals surface area (Å²) in [6.45, 7) is 7.41. The predicted molar refractivity (Wildman–Crippen MR) is 93.2 cm³/mol. The van der Waals surface area contributed by atoms with Gasteiger partial charge in [-0.15, -0.1) is 0 Å². The molecule has 22 heavy (non-hydrogen) atoms. The number of nitrogen functional groups attached to an aromatic ring is 1. The Morgan fingerprint density at radius 3 is 2.45 bits per heavy atom. The number of aryl methyl sites for hydroxylation is 1. The lowest BCUT2D eigenvalue weighted by atomic mass is 10.0. The molecular formula is C19H23N3. The van der Waals surface area contributed by atoms with Crippen molar-refractivity contribution < 1.29 is 0 Å². The van der Waals surface area contributed by atoms with Crippen LogP contribution in [-0.4, -0.2) is 9.55 Å². The standard InChI is InChI=1S/C19H23N3/c1-4-18-21-19-16(20)6-5-7-17(19)22(18)12-14-8-10-15(11-9-14)13(2)3/h5-11,13H,4,12,20H2,1-3H3. The average molecular weight is 293 g/mol. The Balaban J connectivity index is 2.01. The van der Waals surface area contributed by atoms with Crippen LogP contribution >= 0.6 is 0 Å². The molecule has 0 atom stereocenters. The molecule has 1 heterocycles. The minimum absolute atomic E-state index is 0.564. The van der Waals surface area contributed by atoms with E-state index in [1.54, 1.807) is 0 Å². The molecule has 1 aromatic heterocycles. The highest BCUT2D eigenvalue weighted by Gasteiger charge is 2.11. The Labute approximate surface area is 131 Å². The van der Waals surface area contributed by atoms with Crippen LogP contribution in [0.1, 0.15) is 43.6 Å². The van der Waals surface area contributed by atoms with Crippen molar-refractivity contribution in [1.29, 1.82) is 0 Å². The Morgan fingerprint density at radius 2 is 1.82 bits per heavy atom. The van der Waals surface area contributed by atoms with Crippen LogP contribution in [0.25, 0.3) is 11.0 Å². The number of aromatic nitrogens is 2. The molecule has 3 aromatic rings. The van der Waals surface area contributed by atoms with Crippen LogP contribution in [0.3, 0.4) is 0 Å². The number of hydrogen-bond donors (Lipinski definition) is 1. The van der Waals surface area contributed by atoms with E-state index in [1.165, 1.54) is 11.1 Å². The van der Waals surface area contributed by atoms with Crippen molar-refractivity contribution in [2.45, 2.75) is 39.7 Å². The zero-order chi connectivity index (χ0) is 15.7. The summed E-state index contributed by atoms with van der Waals surface area (Å²) < 4.78 is 2.27. The Kier molecular flexibility index (Phi) is 3.88. The first-order chi connectivity index (χ1) is 10.6. The minimum atomic E-state index is 0.564. The van der Waals surface area contributed by atoms with Crippen molar-refractivity contribution in [3.05, 3.63) is 59.4 Å². The molecule has 0 aliphatic rings. The van der Waals surface area contributed by atoms with Gasteiger partial charge in [0.05, 0.1) is 11.2 Å². The first kappa shape index (κ1) is 14.6. The topological polar surface area (TPSA) is 43.8 Å². The molecule has 0 saturated carbocycles. The van der Waals surface area contributed by atoms with Crippen LogP contribution < -0.4 is 5.73 Å². The number of nitrogens with two attached hydrogens (primary N) is 1. The van der Waals surface area contributed by atoms with E-state index in [4.69, 9.17) is 10.7 Å². The highest BCUT2D eigenvalue weighted by molar-refractivity contribution is 5.87. The van der Waals surface area contributed by atoms with Crippen molar-refractivity contribution in [3.8, 4) is 0 Å². The largest absolute Gasteiger partial charge is 0.397 e. The summed E-state index contributed by atoms with van der Waals surface area (Å²) >= 11 is 0. The van der Waals surface area contributed by atoms with Crippen LogP contribution in [0.15, 0.2) is 42.5 Å². The Morgan fingerprint density at radius 1 is 1.09 bits per heavy atom. The predicted octanol–water partition coefficient (Wildman–Crippen LogP) is 4.35. The lowest BCUT2D eigenvalue weighted by Crippen LogP contribution is -2.04. The molecule has 3 rings (SSSR count). The summed E-state index contributed by atoms with van der Waals surface area (Å²) in [4.78, 5) is 4.71. The van der Waals surface area contributed by atoms with Crippen LogP contribution in [0.5, 0.6) is 0 Å². The van der Waals surface area contributed by atoms with Gasteiger partial charge in [0.2, 0.25) is 0 Å². The number of fused-ring (bicyclic) bond motifs is 1. The molecule has 2 N–H and O–H groups in total. The average Bonchev–Trinajstić information content (AvgIpc) is 2.87. The fraction of sp³-hybridized carbons (Fsp3) is 0.316. The fourth-order valence-corrected chi connectivity index (χ4v) is 2.85. The number of anilines is 1. The normalized spacial score (nSPS) is 11.5. The van der Waals surface area contributed by atoms with Gasteiger partial charge in [0.15, 0.2) is 0 Å². The van der Waals surface area contributed by atoms with Crippen molar-refractivity contribution >= 4 is 16.7 Å². The van der Waals surface area contributed by atoms with Gasteiger partial charge in [-0.3, -0.25) is 0 Å². The second-order valence-corrected chi connectivity index (χ2v) is 6.08. The maximum atomic E-state index is 6.06. The van der Waals surface area contributed by atoms with Crippen LogP contribution in [0.2, 0.25) is 0 Å². The molecule has 0 bridgehead atoms. The van der Waals surface area contributed by atoms with Gasteiger partial charge < -0.3 is 10.3 Å². The van der Waals surface area contributed by atoms with Gasteiger partial charge >= 0.3 is 0 Å². The Bertz CT molecular complexity index is 782. The molecule has 0 aliphatic carbocycles. The first-order valence-electron chi connectivity index (χ1n) is 7.92. The second-order valence-electron chi connectivity index (χ2n) is 6.08. The SMILES string of the molecule is CCc1nc2c(N)cccc2n1Cc1ccc(C(C)C)cc1. The smallest absolute Gasteiger partial charge is 0.112 e. The Hall–Kier alpha value is -2.29. The molecule has 0 fully saturated rings. The number of hydrogen-bond acceptors (Lipinski definition) is 2. The zero-order valence-electron chi connectivity index (χ0n) is 13.5. The van der Waals surface area contributed by atoms with E-state index >= 15 is 0 Å². The summed E-state index contributed by atoms with van der Waals surface area (Å²) in [6.07, 6.45) is 0.901. The van der Waals surface area contributed by atoms with Gasteiger partial charge in [-0.05, 0) is 29.2 Å².